The van der Waals surface area contributed by atoms with Crippen LogP contribution >= 0.6 is 0 Å². The van der Waals surface area contributed by atoms with Crippen molar-refractivity contribution in [3.63, 3.8) is 0 Å². The quantitative estimate of drug-likeness (QED) is 0.790. The number of rotatable bonds is 4. The second-order valence-corrected chi connectivity index (χ2v) is 3.70. The van der Waals surface area contributed by atoms with Crippen LogP contribution in [0.3, 0.4) is 0 Å². The summed E-state index contributed by atoms with van der Waals surface area (Å²) >= 11 is 0. The minimum absolute atomic E-state index is 0.509. The maximum atomic E-state index is 5.76. The van der Waals surface area contributed by atoms with Gasteiger partial charge in [0.15, 0.2) is 11.6 Å². The summed E-state index contributed by atoms with van der Waals surface area (Å²) in [5, 5.41) is 0. The highest BCUT2D eigenvalue weighted by atomic mass is 15.2. The lowest BCUT2D eigenvalue weighted by Gasteiger charge is -2.24. The molecular weight excluding hydrogens is 176 g/mol. The summed E-state index contributed by atoms with van der Waals surface area (Å²) in [4.78, 5) is 10.4. The fraction of sp³-hybridized carbons (Fsp3) is 0.600. The topological polar surface area (TPSA) is 55.0 Å². The normalized spacial score (nSPS) is 10.6. The van der Waals surface area contributed by atoms with Crippen molar-refractivity contribution in [3.8, 4) is 0 Å². The lowest BCUT2D eigenvalue weighted by atomic mass is 10.2. The van der Waals surface area contributed by atoms with Crippen molar-refractivity contribution < 1.29 is 0 Å². The van der Waals surface area contributed by atoms with Crippen LogP contribution in [0.15, 0.2) is 12.4 Å². The molecule has 0 aliphatic rings. The van der Waals surface area contributed by atoms with Gasteiger partial charge in [-0.05, 0) is 12.8 Å². The van der Waals surface area contributed by atoms with Gasteiger partial charge in [0, 0.05) is 25.5 Å². The number of hydrogen-bond donors (Lipinski definition) is 1. The van der Waals surface area contributed by atoms with E-state index >= 15 is 0 Å². The standard InChI is InChI=1S/C10H18N4/c1-4-14(7-8(2)3)10-9(11)12-5-6-13-10/h5-6,8H,4,7H2,1-3H3,(H2,11,12). The summed E-state index contributed by atoms with van der Waals surface area (Å²) in [6.07, 6.45) is 3.29. The van der Waals surface area contributed by atoms with Crippen molar-refractivity contribution in [2.24, 2.45) is 5.92 Å². The lowest BCUT2D eigenvalue weighted by Crippen LogP contribution is -2.29. The van der Waals surface area contributed by atoms with E-state index in [4.69, 9.17) is 5.73 Å². The Bertz CT molecular complexity index is 285. The summed E-state index contributed by atoms with van der Waals surface area (Å²) in [5.41, 5.74) is 5.76. The Morgan fingerprint density at radius 1 is 1.36 bits per heavy atom. The molecule has 14 heavy (non-hydrogen) atoms. The third kappa shape index (κ3) is 2.58. The van der Waals surface area contributed by atoms with Crippen LogP contribution in [0.5, 0.6) is 0 Å². The number of nitrogens with two attached hydrogens (primary N) is 1. The van der Waals surface area contributed by atoms with E-state index in [-0.39, 0.29) is 0 Å². The summed E-state index contributed by atoms with van der Waals surface area (Å²) in [6, 6.07) is 0. The molecule has 0 radical (unpaired) electrons. The number of nitrogens with zero attached hydrogens (tertiary/aromatic N) is 3. The maximum absolute atomic E-state index is 5.76. The fourth-order valence-electron chi connectivity index (χ4n) is 1.39. The molecule has 0 aliphatic heterocycles. The zero-order valence-electron chi connectivity index (χ0n) is 9.07. The molecule has 78 valence electrons. The van der Waals surface area contributed by atoms with Crippen LogP contribution in [0.25, 0.3) is 0 Å². The van der Waals surface area contributed by atoms with E-state index in [9.17, 15) is 0 Å². The molecule has 0 spiro atoms. The molecule has 0 amide bonds. The summed E-state index contributed by atoms with van der Waals surface area (Å²) in [7, 11) is 0. The summed E-state index contributed by atoms with van der Waals surface area (Å²) in [6.45, 7) is 8.31. The molecule has 1 rings (SSSR count). The van der Waals surface area contributed by atoms with Gasteiger partial charge in [-0.3, -0.25) is 0 Å². The first kappa shape index (κ1) is 10.8. The first-order valence-corrected chi connectivity index (χ1v) is 4.96. The van der Waals surface area contributed by atoms with Gasteiger partial charge in [0.25, 0.3) is 0 Å². The van der Waals surface area contributed by atoms with Crippen LogP contribution in [0.4, 0.5) is 11.6 Å². The molecule has 4 heteroatoms. The average Bonchev–Trinajstić information content (AvgIpc) is 2.15. The molecule has 2 N–H and O–H groups in total. The van der Waals surface area contributed by atoms with E-state index in [0.29, 0.717) is 11.7 Å². The predicted octanol–water partition coefficient (Wildman–Crippen LogP) is 1.54. The van der Waals surface area contributed by atoms with Gasteiger partial charge in [0.1, 0.15) is 0 Å². The van der Waals surface area contributed by atoms with Crippen LogP contribution in [0, 0.1) is 5.92 Å². The van der Waals surface area contributed by atoms with Crippen molar-refractivity contribution >= 4 is 11.6 Å². The highest BCUT2D eigenvalue weighted by Gasteiger charge is 2.10. The minimum atomic E-state index is 0.509. The zero-order chi connectivity index (χ0) is 10.6. The fourth-order valence-corrected chi connectivity index (χ4v) is 1.39. The van der Waals surface area contributed by atoms with E-state index in [1.807, 2.05) is 0 Å². The second kappa shape index (κ2) is 4.79. The molecule has 0 fully saturated rings. The van der Waals surface area contributed by atoms with Crippen molar-refractivity contribution in [2.75, 3.05) is 23.7 Å². The SMILES string of the molecule is CCN(CC(C)C)c1nccnc1N. The van der Waals surface area contributed by atoms with Crippen molar-refractivity contribution in [1.29, 1.82) is 0 Å². The molecule has 4 nitrogen and oxygen atoms in total. The van der Waals surface area contributed by atoms with E-state index in [1.165, 1.54) is 0 Å². The molecule has 0 saturated carbocycles. The lowest BCUT2D eigenvalue weighted by molar-refractivity contribution is 0.614. The van der Waals surface area contributed by atoms with E-state index in [1.54, 1.807) is 12.4 Å². The van der Waals surface area contributed by atoms with Gasteiger partial charge in [0.2, 0.25) is 0 Å². The molecule has 1 aromatic heterocycles. The van der Waals surface area contributed by atoms with E-state index in [0.717, 1.165) is 18.9 Å². The van der Waals surface area contributed by atoms with Crippen LogP contribution in [0.2, 0.25) is 0 Å². The first-order valence-electron chi connectivity index (χ1n) is 4.96. The number of nitrogen functional groups attached to an aromatic ring is 1. The van der Waals surface area contributed by atoms with Gasteiger partial charge in [-0.25, -0.2) is 9.97 Å². The summed E-state index contributed by atoms with van der Waals surface area (Å²) < 4.78 is 0. The number of anilines is 2. The zero-order valence-corrected chi connectivity index (χ0v) is 9.07. The highest BCUT2D eigenvalue weighted by molar-refractivity contribution is 5.57. The second-order valence-electron chi connectivity index (χ2n) is 3.70. The Kier molecular flexibility index (Phi) is 3.68. The molecule has 0 unspecified atom stereocenters. The Morgan fingerprint density at radius 3 is 2.50 bits per heavy atom. The molecule has 0 saturated heterocycles. The average molecular weight is 194 g/mol. The number of hydrogen-bond acceptors (Lipinski definition) is 4. The molecular formula is C10H18N4. The van der Waals surface area contributed by atoms with Gasteiger partial charge < -0.3 is 10.6 Å². The Morgan fingerprint density at radius 2 is 2.00 bits per heavy atom. The number of aromatic nitrogens is 2. The molecule has 0 atom stereocenters. The van der Waals surface area contributed by atoms with Crippen LogP contribution in [-0.4, -0.2) is 23.1 Å². The van der Waals surface area contributed by atoms with Crippen molar-refractivity contribution in [2.45, 2.75) is 20.8 Å². The molecule has 0 bridgehead atoms. The monoisotopic (exact) mass is 194 g/mol. The van der Waals surface area contributed by atoms with E-state index in [2.05, 4.69) is 35.6 Å². The van der Waals surface area contributed by atoms with Crippen LogP contribution in [0.1, 0.15) is 20.8 Å². The van der Waals surface area contributed by atoms with Gasteiger partial charge in [0.05, 0.1) is 0 Å². The van der Waals surface area contributed by atoms with Gasteiger partial charge in [-0.2, -0.15) is 0 Å². The van der Waals surface area contributed by atoms with Crippen molar-refractivity contribution in [1.82, 2.24) is 9.97 Å². The van der Waals surface area contributed by atoms with Gasteiger partial charge in [-0.15, -0.1) is 0 Å². The Labute approximate surface area is 85.2 Å². The molecule has 0 aliphatic carbocycles. The van der Waals surface area contributed by atoms with Crippen LogP contribution < -0.4 is 10.6 Å². The Hall–Kier alpha value is -1.32. The summed E-state index contributed by atoms with van der Waals surface area (Å²) in [5.74, 6) is 1.90. The highest BCUT2D eigenvalue weighted by Crippen LogP contribution is 2.17. The third-order valence-electron chi connectivity index (χ3n) is 1.97. The Balaban J connectivity index is 2.83. The predicted molar refractivity (Wildman–Crippen MR) is 59.2 cm³/mol. The largest absolute Gasteiger partial charge is 0.381 e. The third-order valence-corrected chi connectivity index (χ3v) is 1.97. The minimum Gasteiger partial charge on any atom is -0.381 e. The van der Waals surface area contributed by atoms with E-state index < -0.39 is 0 Å². The van der Waals surface area contributed by atoms with Gasteiger partial charge in [-0.1, -0.05) is 13.8 Å². The smallest absolute Gasteiger partial charge is 0.171 e. The molecule has 1 aromatic rings. The van der Waals surface area contributed by atoms with Crippen LogP contribution in [-0.2, 0) is 0 Å². The first-order chi connectivity index (χ1) is 6.65. The van der Waals surface area contributed by atoms with Crippen molar-refractivity contribution in [3.05, 3.63) is 12.4 Å². The molecule has 1 heterocycles. The maximum Gasteiger partial charge on any atom is 0.171 e. The molecule has 0 aromatic carbocycles. The van der Waals surface area contributed by atoms with Gasteiger partial charge >= 0.3 is 0 Å².